The van der Waals surface area contributed by atoms with Crippen LogP contribution in [-0.2, 0) is 16.0 Å². The maximum absolute atomic E-state index is 11.2. The molecule has 0 aromatic heterocycles. The van der Waals surface area contributed by atoms with Crippen LogP contribution in [-0.4, -0.2) is 12.6 Å². The second kappa shape index (κ2) is 8.86. The van der Waals surface area contributed by atoms with E-state index in [1.165, 1.54) is 38.5 Å². The lowest BCUT2D eigenvalue weighted by molar-refractivity contribution is -0.143. The number of carbonyl (C=O) groups excluding carboxylic acids is 1. The maximum atomic E-state index is 11.2. The fourth-order valence-corrected chi connectivity index (χ4v) is 3.37. The predicted molar refractivity (Wildman–Crippen MR) is 86.5 cm³/mol. The van der Waals surface area contributed by atoms with Gasteiger partial charge in [0.25, 0.3) is 0 Å². The van der Waals surface area contributed by atoms with Gasteiger partial charge in [0.2, 0.25) is 0 Å². The van der Waals surface area contributed by atoms with Crippen molar-refractivity contribution in [2.75, 3.05) is 6.61 Å². The lowest BCUT2D eigenvalue weighted by Crippen LogP contribution is -2.03. The summed E-state index contributed by atoms with van der Waals surface area (Å²) in [6, 6.07) is 8.92. The summed E-state index contributed by atoms with van der Waals surface area (Å²) in [4.78, 5) is 11.2. The van der Waals surface area contributed by atoms with Gasteiger partial charge < -0.3 is 4.74 Å². The van der Waals surface area contributed by atoms with Crippen LogP contribution in [0, 0.1) is 0 Å². The second-order valence-electron chi connectivity index (χ2n) is 6.05. The molecule has 1 aromatic rings. The Morgan fingerprint density at radius 2 is 1.90 bits per heavy atom. The van der Waals surface area contributed by atoms with Gasteiger partial charge in [-0.1, -0.05) is 49.9 Å². The molecule has 2 nitrogen and oxygen atoms in total. The monoisotopic (exact) mass is 288 g/mol. The summed E-state index contributed by atoms with van der Waals surface area (Å²) in [5, 5.41) is 0. The fourth-order valence-electron chi connectivity index (χ4n) is 3.37. The van der Waals surface area contributed by atoms with E-state index in [1.54, 1.807) is 11.1 Å². The van der Waals surface area contributed by atoms with E-state index in [2.05, 4.69) is 24.3 Å². The predicted octanol–water partition coefficient (Wildman–Crippen LogP) is 5.01. The summed E-state index contributed by atoms with van der Waals surface area (Å²) in [6.45, 7) is 2.36. The van der Waals surface area contributed by atoms with Gasteiger partial charge in [-0.15, -0.1) is 0 Å². The Morgan fingerprint density at radius 1 is 1.14 bits per heavy atom. The van der Waals surface area contributed by atoms with E-state index in [0.29, 0.717) is 13.0 Å². The van der Waals surface area contributed by atoms with Gasteiger partial charge in [0.15, 0.2) is 0 Å². The van der Waals surface area contributed by atoms with Crippen molar-refractivity contribution in [3.8, 4) is 0 Å². The summed E-state index contributed by atoms with van der Waals surface area (Å²) in [7, 11) is 0. The molecule has 1 atom stereocenters. The van der Waals surface area contributed by atoms with Gasteiger partial charge in [-0.2, -0.15) is 0 Å². The van der Waals surface area contributed by atoms with Gasteiger partial charge in [0, 0.05) is 6.42 Å². The standard InChI is InChI=1S/C19H28O2/c1-2-21-19(20)13-7-5-3-4-6-10-16-14-15-17-11-8-9-12-18(16)17/h8-9,11-12,16H,2-7,10,13-15H2,1H3. The minimum Gasteiger partial charge on any atom is -0.466 e. The Hall–Kier alpha value is -1.31. The quantitative estimate of drug-likeness (QED) is 0.471. The molecular formula is C19H28O2. The molecule has 0 aliphatic heterocycles. The van der Waals surface area contributed by atoms with E-state index in [1.807, 2.05) is 6.92 Å². The molecule has 0 saturated heterocycles. The number of benzene rings is 1. The highest BCUT2D eigenvalue weighted by molar-refractivity contribution is 5.69. The number of ether oxygens (including phenoxy) is 1. The van der Waals surface area contributed by atoms with E-state index >= 15 is 0 Å². The first-order valence-electron chi connectivity index (χ1n) is 8.54. The van der Waals surface area contributed by atoms with Crippen molar-refractivity contribution in [3.63, 3.8) is 0 Å². The maximum Gasteiger partial charge on any atom is 0.305 e. The zero-order valence-electron chi connectivity index (χ0n) is 13.3. The molecule has 0 amide bonds. The minimum atomic E-state index is -0.0416. The van der Waals surface area contributed by atoms with Gasteiger partial charge in [0.05, 0.1) is 6.61 Å². The average Bonchev–Trinajstić information content (AvgIpc) is 2.90. The van der Waals surface area contributed by atoms with Crippen molar-refractivity contribution in [1.29, 1.82) is 0 Å². The van der Waals surface area contributed by atoms with Crippen molar-refractivity contribution >= 4 is 5.97 Å². The Labute approximate surface area is 128 Å². The van der Waals surface area contributed by atoms with E-state index < -0.39 is 0 Å². The van der Waals surface area contributed by atoms with Gasteiger partial charge in [0.1, 0.15) is 0 Å². The summed E-state index contributed by atoms with van der Waals surface area (Å²) in [5.74, 6) is 0.751. The molecule has 1 aliphatic rings. The minimum absolute atomic E-state index is 0.0416. The van der Waals surface area contributed by atoms with Crippen molar-refractivity contribution in [3.05, 3.63) is 35.4 Å². The summed E-state index contributed by atoms with van der Waals surface area (Å²) < 4.78 is 4.93. The highest BCUT2D eigenvalue weighted by Gasteiger charge is 2.20. The summed E-state index contributed by atoms with van der Waals surface area (Å²) >= 11 is 0. The number of aryl methyl sites for hydroxylation is 1. The molecule has 116 valence electrons. The van der Waals surface area contributed by atoms with E-state index in [0.717, 1.165) is 18.8 Å². The molecule has 2 rings (SSSR count). The fraction of sp³-hybridized carbons (Fsp3) is 0.632. The number of hydrogen-bond acceptors (Lipinski definition) is 2. The molecule has 0 heterocycles. The van der Waals surface area contributed by atoms with Crippen molar-refractivity contribution in [2.45, 2.75) is 70.6 Å². The van der Waals surface area contributed by atoms with E-state index in [4.69, 9.17) is 4.74 Å². The third-order valence-electron chi connectivity index (χ3n) is 4.50. The van der Waals surface area contributed by atoms with Crippen LogP contribution in [0.2, 0.25) is 0 Å². The SMILES string of the molecule is CCOC(=O)CCCCCCCC1CCc2ccccc21. The van der Waals surface area contributed by atoms with Crippen LogP contribution in [0.15, 0.2) is 24.3 Å². The molecule has 0 N–H and O–H groups in total. The molecule has 2 heteroatoms. The number of fused-ring (bicyclic) bond motifs is 1. The zero-order valence-corrected chi connectivity index (χ0v) is 13.3. The molecular weight excluding hydrogens is 260 g/mol. The summed E-state index contributed by atoms with van der Waals surface area (Å²) in [5.41, 5.74) is 3.16. The van der Waals surface area contributed by atoms with E-state index in [9.17, 15) is 4.79 Å². The highest BCUT2D eigenvalue weighted by Crippen LogP contribution is 2.36. The lowest BCUT2D eigenvalue weighted by atomic mass is 9.94. The molecule has 21 heavy (non-hydrogen) atoms. The van der Waals surface area contributed by atoms with Crippen molar-refractivity contribution in [2.24, 2.45) is 0 Å². The van der Waals surface area contributed by atoms with Crippen LogP contribution >= 0.6 is 0 Å². The molecule has 1 aliphatic carbocycles. The molecule has 0 bridgehead atoms. The number of rotatable bonds is 9. The van der Waals surface area contributed by atoms with Gasteiger partial charge in [-0.3, -0.25) is 4.79 Å². The van der Waals surface area contributed by atoms with Crippen molar-refractivity contribution < 1.29 is 9.53 Å². The molecule has 0 spiro atoms. The molecule has 1 unspecified atom stereocenters. The smallest absolute Gasteiger partial charge is 0.305 e. The van der Waals surface area contributed by atoms with Crippen LogP contribution in [0.5, 0.6) is 0 Å². The Kier molecular flexibility index (Phi) is 6.78. The Bertz CT molecular complexity index is 439. The number of unbranched alkanes of at least 4 members (excludes halogenated alkanes) is 4. The third kappa shape index (κ3) is 5.18. The van der Waals surface area contributed by atoms with Gasteiger partial charge in [-0.25, -0.2) is 0 Å². The summed E-state index contributed by atoms with van der Waals surface area (Å²) in [6.07, 6.45) is 10.5. The second-order valence-corrected chi connectivity index (χ2v) is 6.05. The Morgan fingerprint density at radius 3 is 2.76 bits per heavy atom. The molecule has 0 radical (unpaired) electrons. The third-order valence-corrected chi connectivity index (χ3v) is 4.50. The lowest BCUT2D eigenvalue weighted by Gasteiger charge is -2.11. The van der Waals surface area contributed by atoms with Gasteiger partial charge in [-0.05, 0) is 49.7 Å². The number of esters is 1. The first-order chi connectivity index (χ1) is 10.3. The van der Waals surface area contributed by atoms with Crippen LogP contribution in [0.1, 0.15) is 75.3 Å². The average molecular weight is 288 g/mol. The normalized spacial score (nSPS) is 16.7. The van der Waals surface area contributed by atoms with Crippen molar-refractivity contribution in [1.82, 2.24) is 0 Å². The Balaban J connectivity index is 1.52. The molecule has 0 saturated carbocycles. The number of carbonyl (C=O) groups is 1. The van der Waals surface area contributed by atoms with Crippen LogP contribution in [0.4, 0.5) is 0 Å². The van der Waals surface area contributed by atoms with E-state index in [-0.39, 0.29) is 5.97 Å². The largest absolute Gasteiger partial charge is 0.466 e. The zero-order chi connectivity index (χ0) is 14.9. The van der Waals surface area contributed by atoms with Crippen LogP contribution in [0.3, 0.4) is 0 Å². The first-order valence-corrected chi connectivity index (χ1v) is 8.54. The number of hydrogen-bond donors (Lipinski definition) is 0. The molecule has 1 aromatic carbocycles. The van der Waals surface area contributed by atoms with Crippen LogP contribution in [0.25, 0.3) is 0 Å². The molecule has 0 fully saturated rings. The first kappa shape index (κ1) is 16.1. The van der Waals surface area contributed by atoms with Gasteiger partial charge >= 0.3 is 5.97 Å². The highest BCUT2D eigenvalue weighted by atomic mass is 16.5. The van der Waals surface area contributed by atoms with Crippen LogP contribution < -0.4 is 0 Å². The topological polar surface area (TPSA) is 26.3 Å².